The zero-order valence-corrected chi connectivity index (χ0v) is 19.7. The highest BCUT2D eigenvalue weighted by Crippen LogP contribution is 2.36. The number of fused-ring (bicyclic) bond motifs is 1. The zero-order valence-electron chi connectivity index (χ0n) is 18.1. The molecular formula is C22H25ClF3N3O4S. The molecule has 12 heteroatoms. The number of rotatable bonds is 8. The Hall–Kier alpha value is -2.50. The molecule has 2 heterocycles. The van der Waals surface area contributed by atoms with Crippen LogP contribution in [0.3, 0.4) is 0 Å². The molecule has 0 aliphatic carbocycles. The number of anilines is 1. The summed E-state index contributed by atoms with van der Waals surface area (Å²) in [6, 6.07) is 7.39. The molecule has 1 aromatic heterocycles. The number of halogens is 4. The lowest BCUT2D eigenvalue weighted by atomic mass is 10.0. The van der Waals surface area contributed by atoms with Crippen molar-refractivity contribution in [2.75, 3.05) is 25.0 Å². The number of hydrogen-bond donors (Lipinski definition) is 4. The Kier molecular flexibility index (Phi) is 10.9. The third-order valence-corrected chi connectivity index (χ3v) is 6.32. The van der Waals surface area contributed by atoms with Crippen LogP contribution in [0.1, 0.15) is 29.5 Å². The Morgan fingerprint density at radius 3 is 2.35 bits per heavy atom. The lowest BCUT2D eigenvalue weighted by Gasteiger charge is -2.14. The normalized spacial score (nSPS) is 13.2. The smallest absolute Gasteiger partial charge is 0.405 e. The largest absolute Gasteiger partial charge is 0.481 e. The maximum absolute atomic E-state index is 12.2. The molecule has 186 valence electrons. The summed E-state index contributed by atoms with van der Waals surface area (Å²) in [6.45, 7) is 0.810. The van der Waals surface area contributed by atoms with Gasteiger partial charge in [0.15, 0.2) is 0 Å². The second-order valence-corrected chi connectivity index (χ2v) is 8.75. The summed E-state index contributed by atoms with van der Waals surface area (Å²) >= 11 is 8.06. The first kappa shape index (κ1) is 27.7. The quantitative estimate of drug-likeness (QED) is 0.374. The molecule has 3 rings (SSSR count). The van der Waals surface area contributed by atoms with Gasteiger partial charge in [0.1, 0.15) is 12.4 Å². The number of alkyl halides is 3. The lowest BCUT2D eigenvalue weighted by Crippen LogP contribution is -2.21. The first-order chi connectivity index (χ1) is 16.0. The van der Waals surface area contributed by atoms with Crippen molar-refractivity contribution in [3.8, 4) is 0 Å². The molecule has 0 unspecified atom stereocenters. The van der Waals surface area contributed by atoms with Gasteiger partial charge in [-0.25, -0.2) is 4.98 Å². The molecular weight excluding hydrogens is 495 g/mol. The Labute approximate surface area is 204 Å². The van der Waals surface area contributed by atoms with Gasteiger partial charge in [-0.3, -0.25) is 9.59 Å². The van der Waals surface area contributed by atoms with Crippen LogP contribution in [0.5, 0.6) is 0 Å². The van der Waals surface area contributed by atoms with Crippen LogP contribution in [0, 0.1) is 0 Å². The Balaban J connectivity index is 0.000000440. The van der Waals surface area contributed by atoms with Crippen LogP contribution in [0.2, 0.25) is 5.02 Å². The van der Waals surface area contributed by atoms with Crippen LogP contribution in [0.25, 0.3) is 0 Å². The molecule has 1 aliphatic rings. The molecule has 4 N–H and O–H groups in total. The number of thioether (sulfide) groups is 1. The molecule has 1 aromatic carbocycles. The molecule has 1 aliphatic heterocycles. The summed E-state index contributed by atoms with van der Waals surface area (Å²) in [4.78, 5) is 24.4. The van der Waals surface area contributed by atoms with E-state index in [2.05, 4.69) is 21.7 Å². The summed E-state index contributed by atoms with van der Waals surface area (Å²) in [5.41, 5.74) is 3.56. The van der Waals surface area contributed by atoms with E-state index in [4.69, 9.17) is 21.8 Å². The monoisotopic (exact) mass is 519 g/mol. The number of aliphatic carboxylic acids is 2. The van der Waals surface area contributed by atoms with E-state index in [0.29, 0.717) is 5.75 Å². The third kappa shape index (κ3) is 10.2. The fraction of sp³-hybridized carbons (Fsp3) is 0.409. The molecule has 0 bridgehead atoms. The average Bonchev–Trinajstić information content (AvgIpc) is 3.02. The molecule has 0 saturated carbocycles. The Morgan fingerprint density at radius 2 is 1.76 bits per heavy atom. The van der Waals surface area contributed by atoms with Crippen LogP contribution >= 0.6 is 23.4 Å². The lowest BCUT2D eigenvalue weighted by molar-refractivity contribution is -0.143. The van der Waals surface area contributed by atoms with Gasteiger partial charge in [0, 0.05) is 16.8 Å². The van der Waals surface area contributed by atoms with Crippen molar-refractivity contribution in [1.82, 2.24) is 10.3 Å². The minimum atomic E-state index is -4.26. The van der Waals surface area contributed by atoms with Gasteiger partial charge in [0.25, 0.3) is 0 Å². The van der Waals surface area contributed by atoms with Gasteiger partial charge in [-0.15, -0.1) is 11.8 Å². The highest BCUT2D eigenvalue weighted by atomic mass is 35.5. The highest BCUT2D eigenvalue weighted by Gasteiger charge is 2.26. The minimum absolute atomic E-state index is 0.216. The van der Waals surface area contributed by atoms with E-state index < -0.39 is 24.7 Å². The van der Waals surface area contributed by atoms with Crippen molar-refractivity contribution < 1.29 is 33.0 Å². The molecule has 0 spiro atoms. The zero-order chi connectivity index (χ0) is 25.1. The van der Waals surface area contributed by atoms with E-state index in [9.17, 15) is 22.8 Å². The standard InChI is InChI=1S/C18H19ClF3N3S.C4H6O4/c19-15-3-2-13-5-7-23-8-6-14(13)17(15)26-10-12-1-4-16(24-9-12)25-11-18(20,21)22;5-3(6)1-2-4(7)8/h1-4,9,23H,5-8,10-11H2,(H,24,25);1-2H2,(H,5,6)(H,7,8). The van der Waals surface area contributed by atoms with Gasteiger partial charge in [0.2, 0.25) is 0 Å². The topological polar surface area (TPSA) is 112 Å². The van der Waals surface area contributed by atoms with Crippen molar-refractivity contribution in [2.45, 2.75) is 42.5 Å². The summed E-state index contributed by atoms with van der Waals surface area (Å²) in [5, 5.41) is 22.2. The molecule has 0 radical (unpaired) electrons. The van der Waals surface area contributed by atoms with Crippen molar-refractivity contribution in [3.05, 3.63) is 52.2 Å². The van der Waals surface area contributed by atoms with Crippen LogP contribution < -0.4 is 10.6 Å². The van der Waals surface area contributed by atoms with Crippen LogP contribution in [-0.2, 0) is 28.2 Å². The van der Waals surface area contributed by atoms with Gasteiger partial charge in [-0.1, -0.05) is 23.7 Å². The van der Waals surface area contributed by atoms with Crippen molar-refractivity contribution in [2.24, 2.45) is 0 Å². The highest BCUT2D eigenvalue weighted by molar-refractivity contribution is 7.98. The number of benzene rings is 1. The van der Waals surface area contributed by atoms with E-state index in [0.717, 1.165) is 41.4 Å². The van der Waals surface area contributed by atoms with Gasteiger partial charge in [0.05, 0.1) is 17.9 Å². The number of nitrogens with zero attached hydrogens (tertiary/aromatic N) is 1. The number of carboxylic acid groups (broad SMARTS) is 2. The fourth-order valence-corrected chi connectivity index (χ4v) is 4.48. The van der Waals surface area contributed by atoms with Gasteiger partial charge < -0.3 is 20.8 Å². The average molecular weight is 520 g/mol. The van der Waals surface area contributed by atoms with Gasteiger partial charge >= 0.3 is 18.1 Å². The molecule has 0 fully saturated rings. The minimum Gasteiger partial charge on any atom is -0.481 e. The number of pyridine rings is 1. The molecule has 0 saturated heterocycles. The van der Waals surface area contributed by atoms with Crippen molar-refractivity contribution >= 4 is 41.1 Å². The SMILES string of the molecule is FC(F)(F)CNc1ccc(CSc2c(Cl)ccc3c2CCNCC3)cn1.O=C(O)CCC(=O)O. The second-order valence-electron chi connectivity index (χ2n) is 7.36. The molecule has 2 aromatic rings. The summed E-state index contributed by atoms with van der Waals surface area (Å²) < 4.78 is 36.7. The fourth-order valence-electron chi connectivity index (χ4n) is 3.04. The third-order valence-electron chi connectivity index (χ3n) is 4.66. The second kappa shape index (κ2) is 13.4. The summed E-state index contributed by atoms with van der Waals surface area (Å²) in [5.74, 6) is -1.27. The number of carbonyl (C=O) groups is 2. The maximum atomic E-state index is 12.2. The number of hydrogen-bond acceptors (Lipinski definition) is 6. The van der Waals surface area contributed by atoms with Gasteiger partial charge in [-0.05, 0) is 54.8 Å². The Bertz CT molecular complexity index is 961. The Morgan fingerprint density at radius 1 is 1.09 bits per heavy atom. The van der Waals surface area contributed by atoms with E-state index in [-0.39, 0.29) is 18.7 Å². The first-order valence-corrected chi connectivity index (χ1v) is 11.7. The van der Waals surface area contributed by atoms with E-state index >= 15 is 0 Å². The number of nitrogens with one attached hydrogen (secondary N) is 2. The molecule has 7 nitrogen and oxygen atoms in total. The van der Waals surface area contributed by atoms with Crippen LogP contribution in [-0.4, -0.2) is 52.9 Å². The van der Waals surface area contributed by atoms with Crippen LogP contribution in [0.15, 0.2) is 35.4 Å². The van der Waals surface area contributed by atoms with E-state index in [1.807, 2.05) is 6.07 Å². The van der Waals surface area contributed by atoms with Crippen molar-refractivity contribution in [3.63, 3.8) is 0 Å². The van der Waals surface area contributed by atoms with Gasteiger partial charge in [-0.2, -0.15) is 13.2 Å². The summed E-state index contributed by atoms with van der Waals surface area (Å²) in [6.07, 6.45) is -1.32. The predicted molar refractivity (Wildman–Crippen MR) is 125 cm³/mol. The predicted octanol–water partition coefficient (Wildman–Crippen LogP) is 4.63. The first-order valence-electron chi connectivity index (χ1n) is 10.4. The number of carboxylic acids is 2. The van der Waals surface area contributed by atoms with E-state index in [1.54, 1.807) is 30.1 Å². The molecule has 34 heavy (non-hydrogen) atoms. The summed E-state index contributed by atoms with van der Waals surface area (Å²) in [7, 11) is 0. The number of aromatic nitrogens is 1. The molecule has 0 atom stereocenters. The maximum Gasteiger partial charge on any atom is 0.405 e. The van der Waals surface area contributed by atoms with Crippen molar-refractivity contribution in [1.29, 1.82) is 0 Å². The van der Waals surface area contributed by atoms with Crippen LogP contribution in [0.4, 0.5) is 19.0 Å². The molecule has 0 amide bonds. The van der Waals surface area contributed by atoms with E-state index in [1.165, 1.54) is 11.1 Å².